The summed E-state index contributed by atoms with van der Waals surface area (Å²) >= 11 is 0. The highest BCUT2D eigenvalue weighted by atomic mass is 16.5. The summed E-state index contributed by atoms with van der Waals surface area (Å²) in [7, 11) is 0. The maximum atomic E-state index is 11.8. The zero-order valence-corrected chi connectivity index (χ0v) is 12.0. The molecule has 118 valence electrons. The molecule has 0 bridgehead atoms. The molecule has 2 amide bonds. The van der Waals surface area contributed by atoms with Crippen molar-refractivity contribution in [2.24, 2.45) is 0 Å². The second-order valence-corrected chi connectivity index (χ2v) is 5.65. The lowest BCUT2D eigenvalue weighted by molar-refractivity contribution is -0.152. The van der Waals surface area contributed by atoms with Gasteiger partial charge in [-0.1, -0.05) is 19.3 Å². The molecule has 2 fully saturated rings. The number of aliphatic carboxylic acids is 1. The molecule has 0 aromatic heterocycles. The summed E-state index contributed by atoms with van der Waals surface area (Å²) < 4.78 is 5.12. The first-order chi connectivity index (χ1) is 10.1. The van der Waals surface area contributed by atoms with Gasteiger partial charge in [0.1, 0.15) is 6.10 Å². The maximum absolute atomic E-state index is 11.8. The van der Waals surface area contributed by atoms with Gasteiger partial charge in [-0.15, -0.1) is 0 Å². The van der Waals surface area contributed by atoms with Gasteiger partial charge in [0, 0.05) is 6.04 Å². The van der Waals surface area contributed by atoms with E-state index >= 15 is 0 Å². The lowest BCUT2D eigenvalue weighted by atomic mass is 9.95. The van der Waals surface area contributed by atoms with Crippen molar-refractivity contribution >= 4 is 17.8 Å². The number of carboxylic acid groups (broad SMARTS) is 1. The van der Waals surface area contributed by atoms with Crippen LogP contribution in [0.1, 0.15) is 44.9 Å². The van der Waals surface area contributed by atoms with Gasteiger partial charge in [0.05, 0.1) is 6.54 Å². The van der Waals surface area contributed by atoms with Crippen molar-refractivity contribution in [3.8, 4) is 0 Å². The Kier molecular flexibility index (Phi) is 5.55. The van der Waals surface area contributed by atoms with Crippen LogP contribution in [-0.2, 0) is 19.1 Å². The molecule has 7 heteroatoms. The average molecular weight is 298 g/mol. The molecule has 2 atom stereocenters. The SMILES string of the molecule is O=C(CNC(=O)[C@@H]1CC[C@H](C(=O)O)O1)NC1CCCCC1. The molecular weight excluding hydrogens is 276 g/mol. The molecule has 21 heavy (non-hydrogen) atoms. The lowest BCUT2D eigenvalue weighted by Gasteiger charge is -2.22. The summed E-state index contributed by atoms with van der Waals surface area (Å²) in [6, 6.07) is 0.210. The van der Waals surface area contributed by atoms with Gasteiger partial charge in [0.25, 0.3) is 0 Å². The first-order valence-corrected chi connectivity index (χ1v) is 7.51. The number of carboxylic acids is 1. The second kappa shape index (κ2) is 7.40. The summed E-state index contributed by atoms with van der Waals surface area (Å²) in [4.78, 5) is 34.3. The Hall–Kier alpha value is -1.63. The van der Waals surface area contributed by atoms with E-state index in [0.29, 0.717) is 12.8 Å². The van der Waals surface area contributed by atoms with Crippen molar-refractivity contribution in [3.63, 3.8) is 0 Å². The number of hydrogen-bond acceptors (Lipinski definition) is 4. The van der Waals surface area contributed by atoms with Crippen LogP contribution in [0.15, 0.2) is 0 Å². The van der Waals surface area contributed by atoms with Crippen LogP contribution in [0.3, 0.4) is 0 Å². The summed E-state index contributed by atoms with van der Waals surface area (Å²) in [5, 5.41) is 14.2. The number of ether oxygens (including phenoxy) is 1. The van der Waals surface area contributed by atoms with Crippen LogP contribution in [0.4, 0.5) is 0 Å². The zero-order valence-electron chi connectivity index (χ0n) is 12.0. The molecule has 7 nitrogen and oxygen atoms in total. The van der Waals surface area contributed by atoms with Crippen LogP contribution in [-0.4, -0.2) is 47.7 Å². The smallest absolute Gasteiger partial charge is 0.332 e. The van der Waals surface area contributed by atoms with Crippen molar-refractivity contribution in [1.29, 1.82) is 0 Å². The Morgan fingerprint density at radius 1 is 1.00 bits per heavy atom. The number of amides is 2. The van der Waals surface area contributed by atoms with Crippen LogP contribution < -0.4 is 10.6 Å². The van der Waals surface area contributed by atoms with Gasteiger partial charge < -0.3 is 20.5 Å². The molecule has 0 aromatic rings. The molecule has 0 spiro atoms. The molecule has 1 aliphatic heterocycles. The fourth-order valence-electron chi connectivity index (χ4n) is 2.82. The average Bonchev–Trinajstić information content (AvgIpc) is 2.96. The zero-order chi connectivity index (χ0) is 15.2. The second-order valence-electron chi connectivity index (χ2n) is 5.65. The first-order valence-electron chi connectivity index (χ1n) is 7.51. The molecule has 0 aromatic carbocycles. The van der Waals surface area contributed by atoms with Gasteiger partial charge in [-0.3, -0.25) is 9.59 Å². The van der Waals surface area contributed by atoms with E-state index in [4.69, 9.17) is 9.84 Å². The molecule has 3 N–H and O–H groups in total. The Balaban J connectivity index is 1.66. The Bertz CT molecular complexity index is 406. The fourth-order valence-corrected chi connectivity index (χ4v) is 2.82. The highest BCUT2D eigenvalue weighted by Gasteiger charge is 2.34. The van der Waals surface area contributed by atoms with Crippen molar-refractivity contribution in [1.82, 2.24) is 10.6 Å². The third-order valence-corrected chi connectivity index (χ3v) is 3.98. The van der Waals surface area contributed by atoms with E-state index in [0.717, 1.165) is 25.7 Å². The summed E-state index contributed by atoms with van der Waals surface area (Å²) in [5.74, 6) is -1.68. The van der Waals surface area contributed by atoms with Gasteiger partial charge in [0.2, 0.25) is 11.8 Å². The van der Waals surface area contributed by atoms with E-state index in [9.17, 15) is 14.4 Å². The van der Waals surface area contributed by atoms with Crippen molar-refractivity contribution in [3.05, 3.63) is 0 Å². The molecule has 1 saturated carbocycles. The molecule has 2 aliphatic rings. The Labute approximate surface area is 123 Å². The number of nitrogens with one attached hydrogen (secondary N) is 2. The topological polar surface area (TPSA) is 105 Å². The van der Waals surface area contributed by atoms with E-state index in [1.165, 1.54) is 6.42 Å². The minimum atomic E-state index is -1.06. The van der Waals surface area contributed by atoms with Crippen LogP contribution >= 0.6 is 0 Å². The van der Waals surface area contributed by atoms with Crippen molar-refractivity contribution in [2.45, 2.75) is 63.2 Å². The van der Waals surface area contributed by atoms with Gasteiger partial charge in [0.15, 0.2) is 6.10 Å². The molecule has 0 unspecified atom stereocenters. The normalized spacial score (nSPS) is 26.3. The first kappa shape index (κ1) is 15.8. The van der Waals surface area contributed by atoms with Gasteiger partial charge in [-0.2, -0.15) is 0 Å². The monoisotopic (exact) mass is 298 g/mol. The third-order valence-electron chi connectivity index (χ3n) is 3.98. The highest BCUT2D eigenvalue weighted by Crippen LogP contribution is 2.20. The molecule has 2 rings (SSSR count). The maximum Gasteiger partial charge on any atom is 0.332 e. The van der Waals surface area contributed by atoms with Crippen LogP contribution in [0, 0.1) is 0 Å². The number of carbonyl (C=O) groups excluding carboxylic acids is 2. The third kappa shape index (κ3) is 4.70. The standard InChI is InChI=1S/C14H22N2O5/c17-12(16-9-4-2-1-3-5-9)8-15-13(18)10-6-7-11(21-10)14(19)20/h9-11H,1-8H2,(H,15,18)(H,16,17)(H,19,20)/t10-,11+/m0/s1. The lowest BCUT2D eigenvalue weighted by Crippen LogP contribution is -2.45. The van der Waals surface area contributed by atoms with Crippen LogP contribution in [0.5, 0.6) is 0 Å². The minimum absolute atomic E-state index is 0.0903. The number of hydrogen-bond donors (Lipinski definition) is 3. The summed E-state index contributed by atoms with van der Waals surface area (Å²) in [6.45, 7) is -0.0903. The van der Waals surface area contributed by atoms with Crippen LogP contribution in [0.2, 0.25) is 0 Å². The van der Waals surface area contributed by atoms with Gasteiger partial charge in [-0.05, 0) is 25.7 Å². The fraction of sp³-hybridized carbons (Fsp3) is 0.786. The van der Waals surface area contributed by atoms with Crippen LogP contribution in [0.25, 0.3) is 0 Å². The summed E-state index contributed by atoms with van der Waals surface area (Å²) in [6.07, 6.45) is 4.46. The number of rotatable bonds is 5. The van der Waals surface area contributed by atoms with E-state index in [1.807, 2.05) is 0 Å². The van der Waals surface area contributed by atoms with E-state index in [-0.39, 0.29) is 18.5 Å². The van der Waals surface area contributed by atoms with Crippen molar-refractivity contribution < 1.29 is 24.2 Å². The number of carbonyl (C=O) groups is 3. The molecule has 1 heterocycles. The highest BCUT2D eigenvalue weighted by molar-refractivity contribution is 5.87. The van der Waals surface area contributed by atoms with Gasteiger partial charge >= 0.3 is 5.97 Å². The molecule has 0 radical (unpaired) electrons. The molecular formula is C14H22N2O5. The molecule has 1 saturated heterocycles. The quantitative estimate of drug-likeness (QED) is 0.672. The summed E-state index contributed by atoms with van der Waals surface area (Å²) in [5.41, 5.74) is 0. The van der Waals surface area contributed by atoms with E-state index in [2.05, 4.69) is 10.6 Å². The van der Waals surface area contributed by atoms with E-state index in [1.54, 1.807) is 0 Å². The minimum Gasteiger partial charge on any atom is -0.479 e. The molecule has 1 aliphatic carbocycles. The predicted octanol–water partition coefficient (Wildman–Crippen LogP) is 0.184. The Morgan fingerprint density at radius 3 is 2.29 bits per heavy atom. The van der Waals surface area contributed by atoms with Crippen molar-refractivity contribution in [2.75, 3.05) is 6.54 Å². The van der Waals surface area contributed by atoms with E-state index < -0.39 is 24.1 Å². The van der Waals surface area contributed by atoms with Gasteiger partial charge in [-0.25, -0.2) is 4.79 Å². The predicted molar refractivity (Wildman–Crippen MR) is 73.6 cm³/mol. The Morgan fingerprint density at radius 2 is 1.67 bits per heavy atom. The largest absolute Gasteiger partial charge is 0.479 e.